The van der Waals surface area contributed by atoms with Crippen LogP contribution in [0.5, 0.6) is 0 Å². The monoisotopic (exact) mass is 398 g/mol. The molecule has 4 rings (SSSR count). The number of nitrogens with zero attached hydrogens (tertiary/aromatic N) is 4. The molecule has 9 heteroatoms. The molecule has 0 unspecified atom stereocenters. The molecule has 0 spiro atoms. The van der Waals surface area contributed by atoms with Gasteiger partial charge in [-0.3, -0.25) is 14.6 Å². The molecule has 0 aliphatic carbocycles. The first-order valence-corrected chi connectivity index (χ1v) is 9.86. The minimum absolute atomic E-state index is 0.0789. The minimum Gasteiger partial charge on any atom is -0.464 e. The van der Waals surface area contributed by atoms with Crippen molar-refractivity contribution in [3.63, 3.8) is 0 Å². The van der Waals surface area contributed by atoms with Crippen molar-refractivity contribution in [2.45, 2.75) is 37.5 Å². The van der Waals surface area contributed by atoms with E-state index in [2.05, 4.69) is 14.8 Å². The Kier molecular flexibility index (Phi) is 5.46. The summed E-state index contributed by atoms with van der Waals surface area (Å²) in [7, 11) is 0. The Morgan fingerprint density at radius 1 is 0.964 bits per heavy atom. The van der Waals surface area contributed by atoms with Crippen LogP contribution in [-0.2, 0) is 15.7 Å². The van der Waals surface area contributed by atoms with Gasteiger partial charge >= 0.3 is 12.1 Å². The van der Waals surface area contributed by atoms with Gasteiger partial charge in [0.1, 0.15) is 17.6 Å². The highest BCUT2D eigenvalue weighted by molar-refractivity contribution is 5.77. The molecule has 0 radical (unpaired) electrons. The molecular weight excluding hydrogens is 373 g/mol. The normalized spacial score (nSPS) is 25.9. The van der Waals surface area contributed by atoms with Crippen LogP contribution in [0, 0.1) is 0 Å². The number of alkyl halides is 3. The summed E-state index contributed by atoms with van der Waals surface area (Å²) in [6.45, 7) is 5.27. The van der Waals surface area contributed by atoms with Crippen LogP contribution in [-0.4, -0.2) is 78.7 Å². The molecule has 0 bridgehead atoms. The zero-order chi connectivity index (χ0) is 19.7. The second-order valence-electron chi connectivity index (χ2n) is 7.64. The third-order valence-corrected chi connectivity index (χ3v) is 6.03. The summed E-state index contributed by atoms with van der Waals surface area (Å²) in [5, 5.41) is 0. The number of carbonyl (C=O) groups excluding carboxylic acids is 1. The van der Waals surface area contributed by atoms with Gasteiger partial charge in [0.05, 0.1) is 6.61 Å². The van der Waals surface area contributed by atoms with E-state index in [1.165, 1.54) is 6.07 Å². The summed E-state index contributed by atoms with van der Waals surface area (Å²) in [4.78, 5) is 22.1. The molecule has 28 heavy (non-hydrogen) atoms. The molecular formula is C19H25F3N4O2. The van der Waals surface area contributed by atoms with Gasteiger partial charge in [0.2, 0.25) is 0 Å². The van der Waals surface area contributed by atoms with E-state index in [-0.39, 0.29) is 12.0 Å². The number of hydrogen-bond acceptors (Lipinski definition) is 6. The predicted octanol–water partition coefficient (Wildman–Crippen LogP) is 2.00. The van der Waals surface area contributed by atoms with Crippen molar-refractivity contribution in [2.75, 3.05) is 50.8 Å². The number of ether oxygens (including phenoxy) is 1. The summed E-state index contributed by atoms with van der Waals surface area (Å²) in [6.07, 6.45) is -1.62. The van der Waals surface area contributed by atoms with E-state index >= 15 is 0 Å². The summed E-state index contributed by atoms with van der Waals surface area (Å²) in [5.74, 6) is 0.296. The largest absolute Gasteiger partial charge is 0.464 e. The number of esters is 1. The van der Waals surface area contributed by atoms with Gasteiger partial charge in [0, 0.05) is 51.7 Å². The Bertz CT molecular complexity index is 699. The second kappa shape index (κ2) is 7.87. The van der Waals surface area contributed by atoms with E-state index in [9.17, 15) is 18.0 Å². The molecule has 0 aromatic carbocycles. The van der Waals surface area contributed by atoms with Crippen molar-refractivity contribution in [2.24, 2.45) is 0 Å². The molecule has 0 N–H and O–H groups in total. The number of piperidine rings is 1. The molecule has 1 aromatic heterocycles. The Labute approximate surface area is 162 Å². The lowest BCUT2D eigenvalue weighted by Gasteiger charge is -2.43. The van der Waals surface area contributed by atoms with Crippen LogP contribution in [0.25, 0.3) is 0 Å². The molecule has 0 saturated carbocycles. The SMILES string of the molecule is O=C1OCC[C@H]1N1CCC(N2CCN(c3cccc(C(F)(F)F)n3)CC2)CC1. The Morgan fingerprint density at radius 2 is 1.68 bits per heavy atom. The summed E-state index contributed by atoms with van der Waals surface area (Å²) >= 11 is 0. The summed E-state index contributed by atoms with van der Waals surface area (Å²) in [6, 6.07) is 4.45. The van der Waals surface area contributed by atoms with E-state index < -0.39 is 11.9 Å². The molecule has 3 fully saturated rings. The van der Waals surface area contributed by atoms with Gasteiger partial charge in [-0.1, -0.05) is 6.07 Å². The van der Waals surface area contributed by atoms with Gasteiger partial charge in [-0.25, -0.2) is 4.98 Å². The van der Waals surface area contributed by atoms with Crippen molar-refractivity contribution in [3.8, 4) is 0 Å². The first-order valence-electron chi connectivity index (χ1n) is 9.86. The Morgan fingerprint density at radius 3 is 2.29 bits per heavy atom. The van der Waals surface area contributed by atoms with Gasteiger partial charge in [-0.2, -0.15) is 13.2 Å². The van der Waals surface area contributed by atoms with E-state index in [4.69, 9.17) is 4.74 Å². The number of piperazine rings is 1. The minimum atomic E-state index is -4.42. The molecule has 0 amide bonds. The predicted molar refractivity (Wildman–Crippen MR) is 97.0 cm³/mol. The van der Waals surface area contributed by atoms with Crippen molar-refractivity contribution >= 4 is 11.8 Å². The van der Waals surface area contributed by atoms with Gasteiger partial charge in [-0.15, -0.1) is 0 Å². The third-order valence-electron chi connectivity index (χ3n) is 6.03. The van der Waals surface area contributed by atoms with Crippen LogP contribution >= 0.6 is 0 Å². The zero-order valence-electron chi connectivity index (χ0n) is 15.7. The maximum atomic E-state index is 12.9. The lowest BCUT2D eigenvalue weighted by atomic mass is 10.00. The van der Waals surface area contributed by atoms with E-state index in [0.717, 1.165) is 51.5 Å². The lowest BCUT2D eigenvalue weighted by molar-refractivity contribution is -0.143. The van der Waals surface area contributed by atoms with E-state index in [0.29, 0.717) is 31.6 Å². The van der Waals surface area contributed by atoms with Gasteiger partial charge in [0.25, 0.3) is 0 Å². The number of anilines is 1. The summed E-state index contributed by atoms with van der Waals surface area (Å²) in [5.41, 5.74) is -0.842. The Balaban J connectivity index is 1.29. The number of carbonyl (C=O) groups is 1. The number of pyridine rings is 1. The maximum Gasteiger partial charge on any atom is 0.433 e. The molecule has 6 nitrogen and oxygen atoms in total. The lowest BCUT2D eigenvalue weighted by Crippen LogP contribution is -2.54. The highest BCUT2D eigenvalue weighted by atomic mass is 19.4. The van der Waals surface area contributed by atoms with E-state index in [1.807, 2.05) is 4.90 Å². The molecule has 4 heterocycles. The van der Waals surface area contributed by atoms with Crippen LogP contribution in [0.4, 0.5) is 19.0 Å². The number of aromatic nitrogens is 1. The molecule has 154 valence electrons. The quantitative estimate of drug-likeness (QED) is 0.726. The van der Waals surface area contributed by atoms with Crippen molar-refractivity contribution < 1.29 is 22.7 Å². The van der Waals surface area contributed by atoms with Gasteiger partial charge in [-0.05, 0) is 25.0 Å². The van der Waals surface area contributed by atoms with Crippen LogP contribution in [0.3, 0.4) is 0 Å². The topological polar surface area (TPSA) is 48.9 Å². The average Bonchev–Trinajstić information content (AvgIpc) is 3.14. The molecule has 1 aromatic rings. The molecule has 3 saturated heterocycles. The van der Waals surface area contributed by atoms with Crippen LogP contribution in [0.1, 0.15) is 25.0 Å². The number of halogens is 3. The maximum absolute atomic E-state index is 12.9. The fraction of sp³-hybridized carbons (Fsp3) is 0.684. The fourth-order valence-electron chi connectivity index (χ4n) is 4.45. The van der Waals surface area contributed by atoms with Crippen LogP contribution in [0.2, 0.25) is 0 Å². The van der Waals surface area contributed by atoms with Crippen molar-refractivity contribution in [3.05, 3.63) is 23.9 Å². The third kappa shape index (κ3) is 4.10. The Hall–Kier alpha value is -1.87. The second-order valence-corrected chi connectivity index (χ2v) is 7.64. The van der Waals surface area contributed by atoms with Crippen molar-refractivity contribution in [1.29, 1.82) is 0 Å². The fourth-order valence-corrected chi connectivity index (χ4v) is 4.45. The number of rotatable bonds is 3. The number of hydrogen-bond donors (Lipinski definition) is 0. The average molecular weight is 398 g/mol. The summed E-state index contributed by atoms with van der Waals surface area (Å²) < 4.78 is 43.7. The number of likely N-dealkylation sites (tertiary alicyclic amines) is 1. The van der Waals surface area contributed by atoms with Crippen LogP contribution in [0.15, 0.2) is 18.2 Å². The molecule has 1 atom stereocenters. The standard InChI is InChI=1S/C19H25F3N4O2/c20-19(21,22)16-2-1-3-17(23-16)26-11-9-24(10-12-26)14-4-7-25(8-5-14)15-6-13-28-18(15)27/h1-3,14-15H,4-13H2/t15-/m1/s1. The molecule has 3 aliphatic rings. The first-order chi connectivity index (χ1) is 13.4. The van der Waals surface area contributed by atoms with Crippen molar-refractivity contribution in [1.82, 2.24) is 14.8 Å². The van der Waals surface area contributed by atoms with Crippen LogP contribution < -0.4 is 4.90 Å². The molecule has 3 aliphatic heterocycles. The highest BCUT2D eigenvalue weighted by Crippen LogP contribution is 2.29. The van der Waals surface area contributed by atoms with E-state index in [1.54, 1.807) is 6.07 Å². The highest BCUT2D eigenvalue weighted by Gasteiger charge is 2.36. The van der Waals surface area contributed by atoms with Gasteiger partial charge < -0.3 is 9.64 Å². The smallest absolute Gasteiger partial charge is 0.433 e. The number of cyclic esters (lactones) is 1. The van der Waals surface area contributed by atoms with Gasteiger partial charge in [0.15, 0.2) is 0 Å². The first kappa shape index (κ1) is 19.4. The zero-order valence-corrected chi connectivity index (χ0v) is 15.7.